The zero-order chi connectivity index (χ0) is 15.9. The van der Waals surface area contributed by atoms with Crippen molar-refractivity contribution in [3.8, 4) is 0 Å². The number of halogens is 1. The van der Waals surface area contributed by atoms with Crippen molar-refractivity contribution in [3.05, 3.63) is 34.9 Å². The van der Waals surface area contributed by atoms with Crippen LogP contribution in [0.15, 0.2) is 24.3 Å². The molecule has 0 radical (unpaired) electrons. The van der Waals surface area contributed by atoms with Crippen molar-refractivity contribution in [2.24, 2.45) is 0 Å². The van der Waals surface area contributed by atoms with Crippen LogP contribution in [-0.2, 0) is 16.0 Å². The Bertz CT molecular complexity index is 510. The molecule has 0 atom stereocenters. The lowest BCUT2D eigenvalue weighted by atomic mass is 10.1. The molecule has 4 nitrogen and oxygen atoms in total. The van der Waals surface area contributed by atoms with Gasteiger partial charge in [0.2, 0.25) is 11.8 Å². The number of hydrogen-bond acceptors (Lipinski definition) is 2. The van der Waals surface area contributed by atoms with E-state index in [0.29, 0.717) is 24.5 Å². The van der Waals surface area contributed by atoms with Crippen LogP contribution in [0.25, 0.3) is 0 Å². The van der Waals surface area contributed by atoms with E-state index in [1.807, 2.05) is 29.2 Å². The Kier molecular flexibility index (Phi) is 6.25. The van der Waals surface area contributed by atoms with E-state index in [1.165, 1.54) is 0 Å². The minimum atomic E-state index is 0.0168. The van der Waals surface area contributed by atoms with Gasteiger partial charge in [0, 0.05) is 44.5 Å². The molecule has 0 N–H and O–H groups in total. The Morgan fingerprint density at radius 1 is 1.14 bits per heavy atom. The quantitative estimate of drug-likeness (QED) is 0.808. The highest BCUT2D eigenvalue weighted by Crippen LogP contribution is 2.12. The summed E-state index contributed by atoms with van der Waals surface area (Å²) in [5, 5.41) is 0.711. The van der Waals surface area contributed by atoms with E-state index in [2.05, 4.69) is 0 Å². The maximum absolute atomic E-state index is 12.1. The molecule has 120 valence electrons. The van der Waals surface area contributed by atoms with Crippen LogP contribution in [0.4, 0.5) is 0 Å². The first kappa shape index (κ1) is 16.8. The van der Waals surface area contributed by atoms with E-state index in [0.717, 1.165) is 37.9 Å². The summed E-state index contributed by atoms with van der Waals surface area (Å²) in [5.74, 6) is 0.179. The number of carbonyl (C=O) groups is 2. The summed E-state index contributed by atoms with van der Waals surface area (Å²) in [5.41, 5.74) is 1.14. The molecule has 0 unspecified atom stereocenters. The second-order valence-corrected chi connectivity index (χ2v) is 6.16. The van der Waals surface area contributed by atoms with Gasteiger partial charge in [-0.05, 0) is 37.0 Å². The van der Waals surface area contributed by atoms with Gasteiger partial charge in [0.25, 0.3) is 0 Å². The Labute approximate surface area is 137 Å². The van der Waals surface area contributed by atoms with Crippen LogP contribution in [0.1, 0.15) is 31.7 Å². The van der Waals surface area contributed by atoms with Crippen molar-refractivity contribution >= 4 is 23.4 Å². The summed E-state index contributed by atoms with van der Waals surface area (Å²) in [6.45, 7) is 4.41. The Balaban J connectivity index is 1.80. The van der Waals surface area contributed by atoms with Crippen LogP contribution in [0, 0.1) is 0 Å². The van der Waals surface area contributed by atoms with Gasteiger partial charge < -0.3 is 9.80 Å². The summed E-state index contributed by atoms with van der Waals surface area (Å²) in [4.78, 5) is 27.4. The zero-order valence-electron chi connectivity index (χ0n) is 13.1. The molecule has 1 aliphatic rings. The largest absolute Gasteiger partial charge is 0.343 e. The van der Waals surface area contributed by atoms with E-state index in [4.69, 9.17) is 11.6 Å². The number of benzene rings is 1. The van der Waals surface area contributed by atoms with Crippen LogP contribution in [0.5, 0.6) is 0 Å². The van der Waals surface area contributed by atoms with E-state index >= 15 is 0 Å². The number of rotatable bonds is 6. The highest BCUT2D eigenvalue weighted by Gasteiger charge is 2.19. The molecule has 0 aromatic heterocycles. The van der Waals surface area contributed by atoms with Crippen molar-refractivity contribution in [3.63, 3.8) is 0 Å². The molecular formula is C17H23ClN2O2. The van der Waals surface area contributed by atoms with Gasteiger partial charge in [0.15, 0.2) is 0 Å². The molecule has 1 aromatic carbocycles. The third kappa shape index (κ3) is 5.02. The van der Waals surface area contributed by atoms with Gasteiger partial charge in [-0.3, -0.25) is 9.59 Å². The predicted octanol–water partition coefficient (Wildman–Crippen LogP) is 2.74. The number of amides is 2. The number of likely N-dealkylation sites (tertiary alicyclic amines) is 1. The predicted molar refractivity (Wildman–Crippen MR) is 87.8 cm³/mol. The second-order valence-electron chi connectivity index (χ2n) is 5.72. The first-order valence-electron chi connectivity index (χ1n) is 7.84. The fourth-order valence-corrected chi connectivity index (χ4v) is 2.82. The van der Waals surface area contributed by atoms with Crippen molar-refractivity contribution in [1.29, 1.82) is 0 Å². The molecule has 1 fully saturated rings. The lowest BCUT2D eigenvalue weighted by molar-refractivity contribution is -0.132. The minimum Gasteiger partial charge on any atom is -0.343 e. The van der Waals surface area contributed by atoms with Gasteiger partial charge in [0.05, 0.1) is 0 Å². The fourth-order valence-electron chi connectivity index (χ4n) is 2.70. The highest BCUT2D eigenvalue weighted by molar-refractivity contribution is 6.30. The molecule has 1 saturated heterocycles. The highest BCUT2D eigenvalue weighted by atomic mass is 35.5. The molecule has 1 heterocycles. The first-order chi connectivity index (χ1) is 10.6. The minimum absolute atomic E-state index is 0.0168. The van der Waals surface area contributed by atoms with Crippen molar-refractivity contribution in [2.75, 3.05) is 26.2 Å². The Hall–Kier alpha value is -1.55. The standard InChI is InChI=1S/C17H23ClN2O2/c1-14(21)19(12-8-15-4-6-16(18)7-5-15)13-9-17(22)20-10-2-3-11-20/h4-7H,2-3,8-13H2,1H3. The topological polar surface area (TPSA) is 40.6 Å². The Morgan fingerprint density at radius 2 is 1.77 bits per heavy atom. The molecule has 0 aliphatic carbocycles. The van der Waals surface area contributed by atoms with Crippen LogP contribution in [0.3, 0.4) is 0 Å². The van der Waals surface area contributed by atoms with Crippen molar-refractivity contribution in [2.45, 2.75) is 32.6 Å². The van der Waals surface area contributed by atoms with E-state index in [1.54, 1.807) is 11.8 Å². The summed E-state index contributed by atoms with van der Waals surface area (Å²) < 4.78 is 0. The van der Waals surface area contributed by atoms with Crippen LogP contribution in [0.2, 0.25) is 5.02 Å². The number of hydrogen-bond donors (Lipinski definition) is 0. The zero-order valence-corrected chi connectivity index (χ0v) is 13.8. The molecule has 1 aromatic rings. The normalized spacial score (nSPS) is 14.2. The summed E-state index contributed by atoms with van der Waals surface area (Å²) >= 11 is 5.86. The van der Waals surface area contributed by atoms with Gasteiger partial charge in [-0.25, -0.2) is 0 Å². The van der Waals surface area contributed by atoms with Gasteiger partial charge >= 0.3 is 0 Å². The number of carbonyl (C=O) groups excluding carboxylic acids is 2. The Morgan fingerprint density at radius 3 is 2.36 bits per heavy atom. The molecule has 0 saturated carbocycles. The van der Waals surface area contributed by atoms with Crippen molar-refractivity contribution < 1.29 is 9.59 Å². The monoisotopic (exact) mass is 322 g/mol. The average molecular weight is 323 g/mol. The molecule has 0 spiro atoms. The number of nitrogens with zero attached hydrogens (tertiary/aromatic N) is 2. The van der Waals surface area contributed by atoms with Gasteiger partial charge in [-0.2, -0.15) is 0 Å². The molecule has 0 bridgehead atoms. The smallest absolute Gasteiger partial charge is 0.224 e. The van der Waals surface area contributed by atoms with Gasteiger partial charge in [-0.1, -0.05) is 23.7 Å². The summed E-state index contributed by atoms with van der Waals surface area (Å²) in [6.07, 6.45) is 3.38. The van der Waals surface area contributed by atoms with E-state index in [9.17, 15) is 9.59 Å². The maximum Gasteiger partial charge on any atom is 0.224 e. The van der Waals surface area contributed by atoms with Crippen molar-refractivity contribution in [1.82, 2.24) is 9.80 Å². The van der Waals surface area contributed by atoms with E-state index in [-0.39, 0.29) is 11.8 Å². The third-order valence-electron chi connectivity index (χ3n) is 4.08. The molecule has 1 aliphatic heterocycles. The van der Waals surface area contributed by atoms with Crippen LogP contribution in [-0.4, -0.2) is 47.8 Å². The van der Waals surface area contributed by atoms with Crippen LogP contribution < -0.4 is 0 Å². The first-order valence-corrected chi connectivity index (χ1v) is 8.22. The van der Waals surface area contributed by atoms with Gasteiger partial charge in [0.1, 0.15) is 0 Å². The molecule has 2 rings (SSSR count). The fraction of sp³-hybridized carbons (Fsp3) is 0.529. The lowest BCUT2D eigenvalue weighted by Crippen LogP contribution is -2.36. The second kappa shape index (κ2) is 8.18. The molecule has 22 heavy (non-hydrogen) atoms. The summed E-state index contributed by atoms with van der Waals surface area (Å²) in [7, 11) is 0. The van der Waals surface area contributed by atoms with Gasteiger partial charge in [-0.15, -0.1) is 0 Å². The SMILES string of the molecule is CC(=O)N(CCC(=O)N1CCCC1)CCc1ccc(Cl)cc1. The molecule has 5 heteroatoms. The average Bonchev–Trinajstić information content (AvgIpc) is 3.02. The third-order valence-corrected chi connectivity index (χ3v) is 4.34. The van der Waals surface area contributed by atoms with E-state index < -0.39 is 0 Å². The molecular weight excluding hydrogens is 300 g/mol. The maximum atomic E-state index is 12.1. The lowest BCUT2D eigenvalue weighted by Gasteiger charge is -2.22. The summed E-state index contributed by atoms with van der Waals surface area (Å²) in [6, 6.07) is 7.64. The molecule has 2 amide bonds. The van der Waals surface area contributed by atoms with Crippen LogP contribution >= 0.6 is 11.6 Å².